The maximum Gasteiger partial charge on any atom is 0.384 e. The van der Waals surface area contributed by atoms with Crippen LogP contribution >= 0.6 is 11.3 Å². The second kappa shape index (κ2) is 9.43. The minimum absolute atomic E-state index is 0.233. The molecule has 0 unspecified atom stereocenters. The molecule has 5 heteroatoms. The van der Waals surface area contributed by atoms with Crippen LogP contribution in [0.5, 0.6) is 0 Å². The SMILES string of the molecule is C/C=C(/c1scc(C(=O)OC)c1C)[C@H]1CC[C@H](C#CC(=O)OC(C)(C)C)CC1. The molecule has 1 aliphatic rings. The Bertz CT molecular complexity index is 806. The molecule has 1 aromatic heterocycles. The van der Waals surface area contributed by atoms with E-state index in [1.54, 1.807) is 11.3 Å². The Morgan fingerprint density at radius 1 is 1.21 bits per heavy atom. The van der Waals surface area contributed by atoms with Crippen molar-refractivity contribution in [2.45, 2.75) is 65.9 Å². The van der Waals surface area contributed by atoms with Gasteiger partial charge in [0.2, 0.25) is 0 Å². The van der Waals surface area contributed by atoms with Crippen LogP contribution in [0.25, 0.3) is 5.57 Å². The zero-order chi connectivity index (χ0) is 20.9. The van der Waals surface area contributed by atoms with Crippen LogP contribution in [0, 0.1) is 30.6 Å². The maximum atomic E-state index is 11.9. The third kappa shape index (κ3) is 5.72. The van der Waals surface area contributed by atoms with Gasteiger partial charge in [-0.25, -0.2) is 9.59 Å². The third-order valence-corrected chi connectivity index (χ3v) is 6.09. The summed E-state index contributed by atoms with van der Waals surface area (Å²) in [5.41, 5.74) is 2.44. The molecule has 0 N–H and O–H groups in total. The standard InChI is InChI=1S/C23H30O4S/c1-7-18(21-15(2)19(14-28-21)22(25)26-6)17-11-8-16(9-12-17)10-13-20(24)27-23(3,4)5/h7,14,16-17H,8-9,11-12H2,1-6H3/b18-7+/t16-,17-. The molecule has 1 aromatic rings. The van der Waals surface area contributed by atoms with Gasteiger partial charge < -0.3 is 9.47 Å². The molecule has 0 saturated heterocycles. The van der Waals surface area contributed by atoms with Crippen molar-refractivity contribution in [3.05, 3.63) is 27.5 Å². The lowest BCUT2D eigenvalue weighted by Crippen LogP contribution is -2.23. The molecule has 0 aromatic carbocycles. The van der Waals surface area contributed by atoms with Crippen molar-refractivity contribution in [2.75, 3.05) is 7.11 Å². The van der Waals surface area contributed by atoms with E-state index in [0.29, 0.717) is 11.5 Å². The Morgan fingerprint density at radius 3 is 2.39 bits per heavy atom. The van der Waals surface area contributed by atoms with Gasteiger partial charge in [0.25, 0.3) is 0 Å². The Hall–Kier alpha value is -2.06. The number of rotatable bonds is 3. The number of methoxy groups -OCH3 is 1. The minimum Gasteiger partial charge on any atom is -0.465 e. The van der Waals surface area contributed by atoms with E-state index in [-0.39, 0.29) is 11.9 Å². The highest BCUT2D eigenvalue weighted by Gasteiger charge is 2.26. The number of allylic oxidation sites excluding steroid dienone is 2. The topological polar surface area (TPSA) is 52.6 Å². The van der Waals surface area contributed by atoms with Crippen molar-refractivity contribution in [3.63, 3.8) is 0 Å². The lowest BCUT2D eigenvalue weighted by Gasteiger charge is -2.28. The van der Waals surface area contributed by atoms with Crippen molar-refractivity contribution >= 4 is 28.8 Å². The summed E-state index contributed by atoms with van der Waals surface area (Å²) in [6.45, 7) is 9.57. The van der Waals surface area contributed by atoms with Gasteiger partial charge >= 0.3 is 11.9 Å². The number of esters is 2. The van der Waals surface area contributed by atoms with Crippen LogP contribution in [-0.2, 0) is 14.3 Å². The van der Waals surface area contributed by atoms with Gasteiger partial charge in [-0.2, -0.15) is 0 Å². The molecule has 1 heterocycles. The highest BCUT2D eigenvalue weighted by molar-refractivity contribution is 7.11. The number of carbonyl (C=O) groups excluding carboxylic acids is 2. The second-order valence-corrected chi connectivity index (χ2v) is 9.04. The van der Waals surface area contributed by atoms with Gasteiger partial charge in [-0.3, -0.25) is 0 Å². The van der Waals surface area contributed by atoms with E-state index >= 15 is 0 Å². The first-order valence-electron chi connectivity index (χ1n) is 9.73. The number of hydrogen-bond acceptors (Lipinski definition) is 5. The van der Waals surface area contributed by atoms with Gasteiger partial charge in [0.05, 0.1) is 12.7 Å². The van der Waals surface area contributed by atoms with E-state index in [0.717, 1.165) is 31.2 Å². The van der Waals surface area contributed by atoms with Crippen LogP contribution in [0.4, 0.5) is 0 Å². The predicted molar refractivity (Wildman–Crippen MR) is 113 cm³/mol. The Morgan fingerprint density at radius 2 is 1.86 bits per heavy atom. The summed E-state index contributed by atoms with van der Waals surface area (Å²) in [4.78, 5) is 24.9. The van der Waals surface area contributed by atoms with Crippen LogP contribution in [-0.4, -0.2) is 24.6 Å². The molecule has 28 heavy (non-hydrogen) atoms. The van der Waals surface area contributed by atoms with Crippen molar-refractivity contribution in [1.82, 2.24) is 0 Å². The van der Waals surface area contributed by atoms with Crippen LogP contribution in [0.1, 0.15) is 74.2 Å². The van der Waals surface area contributed by atoms with Gasteiger partial charge in [0.15, 0.2) is 0 Å². The van der Waals surface area contributed by atoms with Gasteiger partial charge in [-0.1, -0.05) is 12.0 Å². The van der Waals surface area contributed by atoms with Gasteiger partial charge in [-0.15, -0.1) is 11.3 Å². The lowest BCUT2D eigenvalue weighted by molar-refractivity contribution is -0.147. The van der Waals surface area contributed by atoms with Crippen molar-refractivity contribution in [3.8, 4) is 11.8 Å². The van der Waals surface area contributed by atoms with Crippen LogP contribution < -0.4 is 0 Å². The quantitative estimate of drug-likeness (QED) is 0.386. The summed E-state index contributed by atoms with van der Waals surface area (Å²) in [5, 5.41) is 1.89. The smallest absolute Gasteiger partial charge is 0.384 e. The van der Waals surface area contributed by atoms with Crippen molar-refractivity contribution in [1.29, 1.82) is 0 Å². The summed E-state index contributed by atoms with van der Waals surface area (Å²) >= 11 is 1.61. The van der Waals surface area contributed by atoms with Crippen LogP contribution in [0.2, 0.25) is 0 Å². The molecule has 0 radical (unpaired) electrons. The maximum absolute atomic E-state index is 11.9. The molecule has 0 spiro atoms. The summed E-state index contributed by atoms with van der Waals surface area (Å²) in [5.74, 6) is 5.70. The average molecular weight is 403 g/mol. The molecule has 152 valence electrons. The Labute approximate surface area is 172 Å². The molecule has 0 aliphatic heterocycles. The van der Waals surface area contributed by atoms with E-state index in [2.05, 4.69) is 24.8 Å². The number of thiophene rings is 1. The molecule has 1 fully saturated rings. The molecule has 0 amide bonds. The Kier molecular flexibility index (Phi) is 7.48. The first-order chi connectivity index (χ1) is 13.2. The van der Waals surface area contributed by atoms with Crippen LogP contribution in [0.3, 0.4) is 0 Å². The molecule has 1 saturated carbocycles. The largest absolute Gasteiger partial charge is 0.465 e. The van der Waals surface area contributed by atoms with Crippen LogP contribution in [0.15, 0.2) is 11.5 Å². The van der Waals surface area contributed by atoms with Gasteiger partial charge in [-0.05, 0) is 77.4 Å². The fourth-order valence-corrected chi connectivity index (χ4v) is 4.79. The van der Waals surface area contributed by atoms with E-state index in [1.807, 2.05) is 33.1 Å². The normalized spacial score (nSPS) is 20.1. The predicted octanol–water partition coefficient (Wildman–Crippen LogP) is 5.40. The van der Waals surface area contributed by atoms with E-state index < -0.39 is 11.6 Å². The highest BCUT2D eigenvalue weighted by atomic mass is 32.1. The van der Waals surface area contributed by atoms with Gasteiger partial charge in [0.1, 0.15) is 5.60 Å². The van der Waals surface area contributed by atoms with Crippen molar-refractivity contribution < 1.29 is 19.1 Å². The third-order valence-electron chi connectivity index (χ3n) is 4.96. The molecule has 4 nitrogen and oxygen atoms in total. The summed E-state index contributed by atoms with van der Waals surface area (Å²) < 4.78 is 10.1. The number of ether oxygens (including phenoxy) is 2. The minimum atomic E-state index is -0.508. The van der Waals surface area contributed by atoms with E-state index in [4.69, 9.17) is 9.47 Å². The zero-order valence-corrected chi connectivity index (χ0v) is 18.5. The molecule has 0 bridgehead atoms. The molecule has 2 rings (SSSR count). The second-order valence-electron chi connectivity index (χ2n) is 8.16. The summed E-state index contributed by atoms with van der Waals surface area (Å²) in [6, 6.07) is 0. The number of carbonyl (C=O) groups is 2. The van der Waals surface area contributed by atoms with E-state index in [9.17, 15) is 9.59 Å². The zero-order valence-electron chi connectivity index (χ0n) is 17.7. The molecule has 0 atom stereocenters. The summed E-state index contributed by atoms with van der Waals surface area (Å²) in [7, 11) is 1.41. The Balaban J connectivity index is 2.02. The highest BCUT2D eigenvalue weighted by Crippen LogP contribution is 2.41. The fraction of sp³-hybridized carbons (Fsp3) is 0.565. The molecule has 1 aliphatic carbocycles. The fourth-order valence-electron chi connectivity index (χ4n) is 3.58. The monoisotopic (exact) mass is 402 g/mol. The first kappa shape index (κ1) is 22.2. The lowest BCUT2D eigenvalue weighted by atomic mass is 9.77. The number of hydrogen-bond donors (Lipinski definition) is 0. The molecular weight excluding hydrogens is 372 g/mol. The summed E-state index contributed by atoms with van der Waals surface area (Å²) in [6.07, 6.45) is 6.14. The average Bonchev–Trinajstić information content (AvgIpc) is 3.01. The first-order valence-corrected chi connectivity index (χ1v) is 10.6. The van der Waals surface area contributed by atoms with Crippen molar-refractivity contribution in [2.24, 2.45) is 11.8 Å². The van der Waals surface area contributed by atoms with Gasteiger partial charge in [0, 0.05) is 22.1 Å². The van der Waals surface area contributed by atoms with E-state index in [1.165, 1.54) is 17.6 Å². The molecular formula is C23H30O4S.